The molecule has 0 amide bonds. The zero-order valence-corrected chi connectivity index (χ0v) is 15.5. The number of benzene rings is 1. The summed E-state index contributed by atoms with van der Waals surface area (Å²) in [6, 6.07) is 9.41. The number of methoxy groups -OCH3 is 1. The van der Waals surface area contributed by atoms with Gasteiger partial charge in [0.2, 0.25) is 5.88 Å². The summed E-state index contributed by atoms with van der Waals surface area (Å²) in [6.07, 6.45) is 2.62. The van der Waals surface area contributed by atoms with Crippen molar-refractivity contribution in [3.63, 3.8) is 0 Å². The summed E-state index contributed by atoms with van der Waals surface area (Å²) in [4.78, 5) is 4.24. The van der Waals surface area contributed by atoms with Gasteiger partial charge >= 0.3 is 0 Å². The summed E-state index contributed by atoms with van der Waals surface area (Å²) in [5.41, 5.74) is 8.01. The molecule has 0 spiro atoms. The van der Waals surface area contributed by atoms with Crippen LogP contribution in [0.4, 0.5) is 0 Å². The van der Waals surface area contributed by atoms with Crippen LogP contribution < -0.4 is 20.5 Å². The second-order valence-corrected chi connectivity index (χ2v) is 5.72. The van der Waals surface area contributed by atoms with Crippen LogP contribution in [0.25, 0.3) is 5.70 Å². The van der Waals surface area contributed by atoms with Crippen molar-refractivity contribution in [2.45, 2.75) is 19.9 Å². The smallest absolute Gasteiger partial charge is 0.219 e. The Bertz CT molecular complexity index is 702. The van der Waals surface area contributed by atoms with Gasteiger partial charge in [0, 0.05) is 43.3 Å². The first-order valence-corrected chi connectivity index (χ1v) is 8.68. The van der Waals surface area contributed by atoms with Gasteiger partial charge in [0.25, 0.3) is 0 Å². The number of nitrogens with zero attached hydrogens (tertiary/aromatic N) is 1. The van der Waals surface area contributed by atoms with Crippen LogP contribution in [0.2, 0.25) is 0 Å². The van der Waals surface area contributed by atoms with Crippen molar-refractivity contribution >= 4 is 5.70 Å². The molecule has 0 fully saturated rings. The number of nitrogens with two attached hydrogens (primary N) is 1. The van der Waals surface area contributed by atoms with Gasteiger partial charge in [-0.25, -0.2) is 4.98 Å². The Kier molecular flexibility index (Phi) is 7.92. The Morgan fingerprint density at radius 2 is 2.08 bits per heavy atom. The molecule has 0 aliphatic carbocycles. The third kappa shape index (κ3) is 6.06. The maximum atomic E-state index is 5.82. The Morgan fingerprint density at radius 1 is 1.23 bits per heavy atom. The SMILES string of the molecule is C=C(N)c1ccc(Oc2ccc(CNCCCOCC)cc2OC)nc1. The summed E-state index contributed by atoms with van der Waals surface area (Å²) in [5.74, 6) is 1.74. The molecular weight excluding hydrogens is 330 g/mol. The highest BCUT2D eigenvalue weighted by atomic mass is 16.5. The molecule has 0 saturated heterocycles. The van der Waals surface area contributed by atoms with Crippen molar-refractivity contribution in [2.75, 3.05) is 26.9 Å². The topological polar surface area (TPSA) is 78.6 Å². The quantitative estimate of drug-likeness (QED) is 0.601. The van der Waals surface area contributed by atoms with E-state index in [1.807, 2.05) is 31.2 Å². The van der Waals surface area contributed by atoms with E-state index in [1.165, 1.54) is 0 Å². The van der Waals surface area contributed by atoms with Crippen molar-refractivity contribution < 1.29 is 14.2 Å². The van der Waals surface area contributed by atoms with Crippen LogP contribution in [0, 0.1) is 0 Å². The lowest BCUT2D eigenvalue weighted by Gasteiger charge is -2.12. The van der Waals surface area contributed by atoms with Crippen LogP contribution in [0.3, 0.4) is 0 Å². The molecule has 0 saturated carbocycles. The molecule has 0 radical (unpaired) electrons. The first-order valence-electron chi connectivity index (χ1n) is 8.68. The molecule has 6 heteroatoms. The summed E-state index contributed by atoms with van der Waals surface area (Å²) in [6.45, 7) is 8.89. The van der Waals surface area contributed by atoms with E-state index in [1.54, 1.807) is 19.4 Å². The molecule has 3 N–H and O–H groups in total. The van der Waals surface area contributed by atoms with Crippen molar-refractivity contribution in [3.8, 4) is 17.4 Å². The molecule has 1 heterocycles. The van der Waals surface area contributed by atoms with E-state index in [0.29, 0.717) is 23.1 Å². The van der Waals surface area contributed by atoms with Gasteiger partial charge in [0.05, 0.1) is 7.11 Å². The maximum absolute atomic E-state index is 5.82. The number of pyridine rings is 1. The van der Waals surface area contributed by atoms with E-state index < -0.39 is 0 Å². The molecule has 26 heavy (non-hydrogen) atoms. The zero-order valence-electron chi connectivity index (χ0n) is 15.5. The predicted octanol–water partition coefficient (Wildman–Crippen LogP) is 3.33. The fraction of sp³-hybridized carbons (Fsp3) is 0.350. The highest BCUT2D eigenvalue weighted by Crippen LogP contribution is 2.31. The Labute approximate surface area is 155 Å². The third-order valence-corrected chi connectivity index (χ3v) is 3.73. The average molecular weight is 357 g/mol. The number of aromatic nitrogens is 1. The minimum absolute atomic E-state index is 0.468. The first kappa shape index (κ1) is 19.8. The second kappa shape index (κ2) is 10.4. The molecule has 0 atom stereocenters. The largest absolute Gasteiger partial charge is 0.493 e. The number of hydrogen-bond acceptors (Lipinski definition) is 6. The minimum atomic E-state index is 0.468. The van der Waals surface area contributed by atoms with E-state index in [2.05, 4.69) is 16.9 Å². The van der Waals surface area contributed by atoms with Crippen LogP contribution in [-0.4, -0.2) is 31.9 Å². The number of hydrogen-bond donors (Lipinski definition) is 2. The molecule has 0 bridgehead atoms. The molecule has 1 aromatic heterocycles. The lowest BCUT2D eigenvalue weighted by atomic mass is 10.2. The van der Waals surface area contributed by atoms with E-state index >= 15 is 0 Å². The number of nitrogens with one attached hydrogen (secondary N) is 1. The van der Waals surface area contributed by atoms with Crippen molar-refractivity contribution in [2.24, 2.45) is 5.73 Å². The fourth-order valence-corrected chi connectivity index (χ4v) is 2.33. The summed E-state index contributed by atoms with van der Waals surface area (Å²) >= 11 is 0. The maximum Gasteiger partial charge on any atom is 0.219 e. The van der Waals surface area contributed by atoms with Gasteiger partial charge < -0.3 is 25.3 Å². The molecule has 0 aliphatic heterocycles. The number of rotatable bonds is 11. The van der Waals surface area contributed by atoms with Crippen LogP contribution in [0.15, 0.2) is 43.1 Å². The second-order valence-electron chi connectivity index (χ2n) is 5.72. The van der Waals surface area contributed by atoms with Gasteiger partial charge in [-0.3, -0.25) is 0 Å². The summed E-state index contributed by atoms with van der Waals surface area (Å²) in [5, 5.41) is 3.39. The average Bonchev–Trinajstić information content (AvgIpc) is 2.66. The molecule has 6 nitrogen and oxygen atoms in total. The van der Waals surface area contributed by atoms with Gasteiger partial charge in [0.15, 0.2) is 11.5 Å². The van der Waals surface area contributed by atoms with Crippen molar-refractivity contribution in [1.82, 2.24) is 10.3 Å². The lowest BCUT2D eigenvalue weighted by molar-refractivity contribution is 0.144. The number of ether oxygens (including phenoxy) is 3. The van der Waals surface area contributed by atoms with Crippen LogP contribution >= 0.6 is 0 Å². The Balaban J connectivity index is 1.94. The molecule has 2 rings (SSSR count). The van der Waals surface area contributed by atoms with Gasteiger partial charge in [-0.15, -0.1) is 0 Å². The Morgan fingerprint density at radius 3 is 2.73 bits per heavy atom. The fourth-order valence-electron chi connectivity index (χ4n) is 2.33. The normalized spacial score (nSPS) is 10.5. The van der Waals surface area contributed by atoms with Crippen LogP contribution in [0.1, 0.15) is 24.5 Å². The standard InChI is InChI=1S/C20H27N3O3/c1-4-25-11-5-10-22-13-16-6-8-18(19(12-16)24-3)26-20-9-7-17(14-23-20)15(2)21/h6-9,12,14,22H,2,4-5,10-11,13,21H2,1,3H3. The molecule has 2 aromatic rings. The Hall–Kier alpha value is -2.57. The van der Waals surface area contributed by atoms with Crippen molar-refractivity contribution in [3.05, 3.63) is 54.2 Å². The van der Waals surface area contributed by atoms with E-state index in [4.69, 9.17) is 19.9 Å². The molecule has 140 valence electrons. The van der Waals surface area contributed by atoms with Gasteiger partial charge in [0.1, 0.15) is 0 Å². The minimum Gasteiger partial charge on any atom is -0.493 e. The lowest BCUT2D eigenvalue weighted by Crippen LogP contribution is -2.16. The van der Waals surface area contributed by atoms with E-state index in [-0.39, 0.29) is 0 Å². The van der Waals surface area contributed by atoms with Gasteiger partial charge in [-0.2, -0.15) is 0 Å². The summed E-state index contributed by atoms with van der Waals surface area (Å²) < 4.78 is 16.6. The zero-order chi connectivity index (χ0) is 18.8. The molecule has 0 aliphatic rings. The molecule has 1 aromatic carbocycles. The third-order valence-electron chi connectivity index (χ3n) is 3.73. The van der Waals surface area contributed by atoms with E-state index in [0.717, 1.165) is 43.9 Å². The predicted molar refractivity (Wildman–Crippen MR) is 103 cm³/mol. The molecular formula is C20H27N3O3. The summed E-state index contributed by atoms with van der Waals surface area (Å²) in [7, 11) is 1.62. The highest BCUT2D eigenvalue weighted by Gasteiger charge is 2.08. The van der Waals surface area contributed by atoms with Crippen LogP contribution in [0.5, 0.6) is 17.4 Å². The highest BCUT2D eigenvalue weighted by molar-refractivity contribution is 5.59. The van der Waals surface area contributed by atoms with Crippen molar-refractivity contribution in [1.29, 1.82) is 0 Å². The monoisotopic (exact) mass is 357 g/mol. The van der Waals surface area contributed by atoms with E-state index in [9.17, 15) is 0 Å². The first-order chi connectivity index (χ1) is 12.6. The van der Waals surface area contributed by atoms with Gasteiger partial charge in [-0.05, 0) is 43.7 Å². The van der Waals surface area contributed by atoms with Gasteiger partial charge in [-0.1, -0.05) is 12.6 Å². The van der Waals surface area contributed by atoms with Crippen LogP contribution in [-0.2, 0) is 11.3 Å². The molecule has 0 unspecified atom stereocenters.